The summed E-state index contributed by atoms with van der Waals surface area (Å²) in [5, 5.41) is 1.55. The van der Waals surface area contributed by atoms with Crippen molar-refractivity contribution in [2.75, 3.05) is 11.9 Å². The Labute approximate surface area is 169 Å². The molecule has 1 aliphatic heterocycles. The van der Waals surface area contributed by atoms with E-state index in [9.17, 15) is 9.18 Å². The van der Waals surface area contributed by atoms with Crippen LogP contribution >= 0.6 is 27.5 Å². The Balaban J connectivity index is 1.64. The molecular weight excluding hydrogens is 431 g/mol. The van der Waals surface area contributed by atoms with Crippen molar-refractivity contribution < 1.29 is 9.18 Å². The molecule has 1 aliphatic carbocycles. The maximum atomic E-state index is 14.0. The normalized spacial score (nSPS) is 23.8. The highest BCUT2D eigenvalue weighted by atomic mass is 79.9. The van der Waals surface area contributed by atoms with Crippen LogP contribution in [0.25, 0.3) is 10.9 Å². The highest BCUT2D eigenvalue weighted by molar-refractivity contribution is 9.10. The fourth-order valence-corrected chi connectivity index (χ4v) is 5.07. The lowest BCUT2D eigenvalue weighted by Crippen LogP contribution is -2.47. The molecule has 1 fully saturated rings. The second-order valence-corrected chi connectivity index (χ2v) is 8.70. The smallest absolute Gasteiger partial charge is 0.237 e. The molecule has 0 atom stereocenters. The number of rotatable bonds is 1. The minimum atomic E-state index is -0.563. The van der Waals surface area contributed by atoms with Crippen LogP contribution in [-0.4, -0.2) is 17.9 Å². The first-order valence-electron chi connectivity index (χ1n) is 8.72. The highest BCUT2D eigenvalue weighted by Gasteiger charge is 2.58. The van der Waals surface area contributed by atoms with Crippen molar-refractivity contribution in [2.45, 2.75) is 24.2 Å². The Morgan fingerprint density at radius 2 is 1.96 bits per heavy atom. The molecule has 6 heteroatoms. The topological polar surface area (TPSA) is 33.2 Å². The predicted octanol–water partition coefficient (Wildman–Crippen LogP) is 5.58. The molecule has 2 aliphatic rings. The van der Waals surface area contributed by atoms with Gasteiger partial charge in [0.2, 0.25) is 5.91 Å². The first-order valence-corrected chi connectivity index (χ1v) is 9.90. The number of aromatic nitrogens is 1. The van der Waals surface area contributed by atoms with Crippen molar-refractivity contribution in [1.82, 2.24) is 4.98 Å². The Morgan fingerprint density at radius 3 is 2.67 bits per heavy atom. The number of likely N-dealkylation sites (N-methyl/N-ethyl adjacent to an activating group) is 1. The van der Waals surface area contributed by atoms with Crippen LogP contribution in [-0.2, 0) is 10.2 Å². The monoisotopic (exact) mass is 444 g/mol. The van der Waals surface area contributed by atoms with E-state index in [1.54, 1.807) is 24.2 Å². The van der Waals surface area contributed by atoms with Gasteiger partial charge in [0.15, 0.2) is 0 Å². The molecule has 136 valence electrons. The van der Waals surface area contributed by atoms with Gasteiger partial charge in [-0.2, -0.15) is 0 Å². The van der Waals surface area contributed by atoms with E-state index in [0.29, 0.717) is 20.9 Å². The minimum absolute atomic E-state index is 0.0949. The molecular formula is C21H15BrClFN2O. The largest absolute Gasteiger partial charge is 0.313 e. The standard InChI is InChI=1S/C21H15BrClFN2O/c1-26-18-10-25-17-7-16(24)15(22)6-14(17)19(18)21(20(26)27)8-12(9-21)11-2-4-13(23)5-3-11/h2-7,10,12H,8-9H2,1H3. The number of hydrogen-bond donors (Lipinski definition) is 0. The van der Waals surface area contributed by atoms with E-state index >= 15 is 0 Å². The van der Waals surface area contributed by atoms with Crippen LogP contribution in [0.3, 0.4) is 0 Å². The second-order valence-electron chi connectivity index (χ2n) is 7.40. The molecule has 3 aromatic rings. The molecule has 1 saturated carbocycles. The van der Waals surface area contributed by atoms with Gasteiger partial charge in [-0.15, -0.1) is 0 Å². The molecule has 3 nitrogen and oxygen atoms in total. The van der Waals surface area contributed by atoms with Crippen molar-refractivity contribution >= 4 is 50.0 Å². The van der Waals surface area contributed by atoms with Gasteiger partial charge in [-0.25, -0.2) is 4.39 Å². The first kappa shape index (κ1) is 17.1. The van der Waals surface area contributed by atoms with E-state index in [-0.39, 0.29) is 11.7 Å². The molecule has 5 rings (SSSR count). The van der Waals surface area contributed by atoms with E-state index < -0.39 is 5.41 Å². The second kappa shape index (κ2) is 5.76. The lowest BCUT2D eigenvalue weighted by molar-refractivity contribution is -0.126. The lowest BCUT2D eigenvalue weighted by Gasteiger charge is -2.44. The van der Waals surface area contributed by atoms with Gasteiger partial charge >= 0.3 is 0 Å². The number of anilines is 1. The zero-order valence-corrected chi connectivity index (χ0v) is 16.8. The van der Waals surface area contributed by atoms with Gasteiger partial charge in [0.25, 0.3) is 0 Å². The van der Waals surface area contributed by atoms with Gasteiger partial charge in [0.05, 0.1) is 27.3 Å². The quantitative estimate of drug-likeness (QED) is 0.490. The number of carbonyl (C=O) groups is 1. The average molecular weight is 446 g/mol. The van der Waals surface area contributed by atoms with Crippen molar-refractivity contribution in [3.05, 3.63) is 69.0 Å². The minimum Gasteiger partial charge on any atom is -0.313 e. The zero-order chi connectivity index (χ0) is 18.9. The van der Waals surface area contributed by atoms with Crippen molar-refractivity contribution in [3.8, 4) is 0 Å². The molecule has 0 N–H and O–H groups in total. The van der Waals surface area contributed by atoms with Crippen LogP contribution in [0.4, 0.5) is 10.1 Å². The maximum absolute atomic E-state index is 14.0. The summed E-state index contributed by atoms with van der Waals surface area (Å²) in [6.45, 7) is 0. The third kappa shape index (κ3) is 2.31. The Morgan fingerprint density at radius 1 is 1.26 bits per heavy atom. The lowest BCUT2D eigenvalue weighted by atomic mass is 9.57. The Kier molecular flexibility index (Phi) is 3.66. The Bertz CT molecular complexity index is 1110. The van der Waals surface area contributed by atoms with Crippen LogP contribution < -0.4 is 4.90 Å². The molecule has 0 radical (unpaired) electrons. The fraction of sp³-hybridized carbons (Fsp3) is 0.238. The van der Waals surface area contributed by atoms with Crippen molar-refractivity contribution in [1.29, 1.82) is 0 Å². The predicted molar refractivity (Wildman–Crippen MR) is 108 cm³/mol. The summed E-state index contributed by atoms with van der Waals surface area (Å²) in [4.78, 5) is 19.3. The van der Waals surface area contributed by atoms with Gasteiger partial charge in [-0.1, -0.05) is 23.7 Å². The van der Waals surface area contributed by atoms with Crippen molar-refractivity contribution in [3.63, 3.8) is 0 Å². The van der Waals surface area contributed by atoms with Crippen LogP contribution in [0.1, 0.15) is 29.9 Å². The highest BCUT2D eigenvalue weighted by Crippen LogP contribution is 2.60. The number of fused-ring (bicyclic) bond motifs is 4. The third-order valence-electron chi connectivity index (χ3n) is 5.98. The summed E-state index contributed by atoms with van der Waals surface area (Å²) >= 11 is 9.27. The summed E-state index contributed by atoms with van der Waals surface area (Å²) in [6.07, 6.45) is 3.16. The first-order chi connectivity index (χ1) is 12.9. The van der Waals surface area contributed by atoms with Crippen LogP contribution in [0.5, 0.6) is 0 Å². The fourth-order valence-electron chi connectivity index (χ4n) is 4.60. The summed E-state index contributed by atoms with van der Waals surface area (Å²) in [5.74, 6) is 0.0458. The average Bonchev–Trinajstić information content (AvgIpc) is 2.84. The molecule has 0 bridgehead atoms. The van der Waals surface area contributed by atoms with Crippen molar-refractivity contribution in [2.24, 2.45) is 0 Å². The summed E-state index contributed by atoms with van der Waals surface area (Å²) in [5.41, 5.74) is 3.00. The van der Waals surface area contributed by atoms with Gasteiger partial charge in [-0.3, -0.25) is 9.78 Å². The number of nitrogens with zero attached hydrogens (tertiary/aromatic N) is 2. The zero-order valence-electron chi connectivity index (χ0n) is 14.5. The molecule has 0 unspecified atom stereocenters. The number of carbonyl (C=O) groups excluding carboxylic acids is 1. The summed E-state index contributed by atoms with van der Waals surface area (Å²) in [7, 11) is 1.79. The number of amides is 1. The molecule has 0 saturated heterocycles. The molecule has 1 spiro atoms. The van der Waals surface area contributed by atoms with E-state index in [2.05, 4.69) is 20.9 Å². The van der Waals surface area contributed by atoms with Gasteiger partial charge < -0.3 is 4.90 Å². The van der Waals surface area contributed by atoms with E-state index in [1.165, 1.54) is 11.6 Å². The number of halogens is 3. The molecule has 2 aromatic carbocycles. The van der Waals surface area contributed by atoms with Crippen LogP contribution in [0.15, 0.2) is 47.1 Å². The summed E-state index contributed by atoms with van der Waals surface area (Å²) < 4.78 is 14.4. The van der Waals surface area contributed by atoms with Gasteiger partial charge in [-0.05, 0) is 58.5 Å². The van der Waals surface area contributed by atoms with Crippen LogP contribution in [0.2, 0.25) is 5.02 Å². The molecule has 2 heterocycles. The van der Waals surface area contributed by atoms with E-state index in [4.69, 9.17) is 11.6 Å². The van der Waals surface area contributed by atoms with Gasteiger partial charge in [0.1, 0.15) is 5.82 Å². The third-order valence-corrected chi connectivity index (χ3v) is 6.83. The molecule has 1 aromatic heterocycles. The van der Waals surface area contributed by atoms with Crippen LogP contribution in [0, 0.1) is 5.82 Å². The number of hydrogen-bond acceptors (Lipinski definition) is 2. The Hall–Kier alpha value is -1.98. The maximum Gasteiger partial charge on any atom is 0.237 e. The number of pyridine rings is 1. The van der Waals surface area contributed by atoms with Gasteiger partial charge in [0, 0.05) is 29.1 Å². The number of benzene rings is 2. The van der Waals surface area contributed by atoms with E-state index in [0.717, 1.165) is 29.5 Å². The molecule has 1 amide bonds. The SMILES string of the molecule is CN1C(=O)C2(CC(c3ccc(Cl)cc3)C2)c2c1cnc1cc(F)c(Br)cc21. The molecule has 27 heavy (non-hydrogen) atoms. The summed E-state index contributed by atoms with van der Waals surface area (Å²) in [6, 6.07) is 11.0. The van der Waals surface area contributed by atoms with E-state index in [1.807, 2.05) is 24.3 Å².